The Balaban J connectivity index is 2.54. The van der Waals surface area contributed by atoms with E-state index in [1.54, 1.807) is 0 Å². The minimum Gasteiger partial charge on any atom is -0.327 e. The molecule has 0 unspecified atom stereocenters. The summed E-state index contributed by atoms with van der Waals surface area (Å²) in [6, 6.07) is 7.80. The number of rotatable bonds is 0. The normalized spacial score (nSPS) is 14.0. The minimum absolute atomic E-state index is 0.101. The van der Waals surface area contributed by atoms with Crippen molar-refractivity contribution in [1.29, 1.82) is 0 Å². The topological polar surface area (TPSA) is 29.1 Å². The predicted octanol–water partition coefficient (Wildman–Crippen LogP) is 1.09. The molecule has 1 aromatic carbocycles. The van der Waals surface area contributed by atoms with Gasteiger partial charge in [-0.05, 0) is 11.6 Å². The molecule has 1 aromatic rings. The molecule has 1 heterocycles. The Bertz CT molecular complexity index is 333. The summed E-state index contributed by atoms with van der Waals surface area (Å²) in [5.41, 5.74) is 4.12. The molecule has 2 rings (SSSR count). The Morgan fingerprint density at radius 2 is 2.09 bits per heavy atom. The van der Waals surface area contributed by atoms with Crippen molar-refractivity contribution in [3.05, 3.63) is 29.8 Å². The minimum atomic E-state index is 0.101. The van der Waals surface area contributed by atoms with Gasteiger partial charge in [-0.25, -0.2) is 0 Å². The van der Waals surface area contributed by atoms with Gasteiger partial charge in [-0.15, -0.1) is 0 Å². The Morgan fingerprint density at radius 3 is 3.00 bits per heavy atom. The van der Waals surface area contributed by atoms with Crippen LogP contribution >= 0.6 is 0 Å². The lowest BCUT2D eigenvalue weighted by molar-refractivity contribution is 0.268. The smallest absolute Gasteiger partial charge is 0.217 e. The summed E-state index contributed by atoms with van der Waals surface area (Å²) in [7, 11) is 0.267. The van der Waals surface area contributed by atoms with Crippen LogP contribution in [0.25, 0.3) is 0 Å². The quantitative estimate of drug-likeness (QED) is 0.565. The van der Waals surface area contributed by atoms with Crippen LogP contribution in [0.5, 0.6) is 0 Å². The van der Waals surface area contributed by atoms with E-state index in [1.165, 1.54) is 0 Å². The number of carbonyl (C=O) groups excluding carboxylic acids is 1. The highest BCUT2D eigenvalue weighted by atomic mass is 28.2. The van der Waals surface area contributed by atoms with E-state index in [2.05, 4.69) is 5.32 Å². The van der Waals surface area contributed by atoms with E-state index >= 15 is 0 Å². The summed E-state index contributed by atoms with van der Waals surface area (Å²) >= 11 is 0. The second kappa shape index (κ2) is 2.43. The zero-order valence-electron chi connectivity index (χ0n) is 5.79. The Hall–Kier alpha value is -1.22. The first-order valence-electron chi connectivity index (χ1n) is 3.36. The van der Waals surface area contributed by atoms with E-state index in [1.807, 2.05) is 29.9 Å². The summed E-state index contributed by atoms with van der Waals surface area (Å²) in [4.78, 5) is 10.9. The number of para-hydroxylation sites is 1. The number of anilines is 1. The molecule has 3 heteroatoms. The van der Waals surface area contributed by atoms with Gasteiger partial charge in [0, 0.05) is 5.69 Å². The van der Waals surface area contributed by atoms with E-state index in [0.29, 0.717) is 0 Å². The van der Waals surface area contributed by atoms with Crippen molar-refractivity contribution >= 4 is 26.0 Å². The average Bonchev–Trinajstić information content (AvgIpc) is 2.04. The van der Waals surface area contributed by atoms with Crippen LogP contribution < -0.4 is 5.32 Å². The second-order valence-electron chi connectivity index (χ2n) is 2.33. The third-order valence-electron chi connectivity index (χ3n) is 1.57. The van der Waals surface area contributed by atoms with Gasteiger partial charge in [-0.1, -0.05) is 23.9 Å². The van der Waals surface area contributed by atoms with Gasteiger partial charge >= 0.3 is 0 Å². The van der Waals surface area contributed by atoms with Crippen LogP contribution in [-0.2, 0) is 0 Å². The zero-order chi connectivity index (χ0) is 7.68. The first kappa shape index (κ1) is 6.48. The highest BCUT2D eigenvalue weighted by molar-refractivity contribution is 6.82. The predicted molar refractivity (Wildman–Crippen MR) is 46.4 cm³/mol. The van der Waals surface area contributed by atoms with Gasteiger partial charge in [-0.2, -0.15) is 0 Å². The van der Waals surface area contributed by atoms with Crippen LogP contribution in [0.4, 0.5) is 10.5 Å². The van der Waals surface area contributed by atoms with Gasteiger partial charge in [0.05, 0.1) is 0 Å². The molecule has 2 nitrogen and oxygen atoms in total. The molecule has 53 valence electrons. The molecule has 1 aliphatic heterocycles. The van der Waals surface area contributed by atoms with Crippen LogP contribution in [-0.4, -0.2) is 20.3 Å². The van der Waals surface area contributed by atoms with Crippen LogP contribution in [0.1, 0.15) is 5.56 Å². The molecule has 1 amide bonds. The first-order valence-corrected chi connectivity index (χ1v) is 4.44. The number of nitrogens with one attached hydrogen (secondary N) is 1. The number of hydrogen-bond acceptors (Lipinski definition) is 1. The van der Waals surface area contributed by atoms with Crippen molar-refractivity contribution in [2.24, 2.45) is 0 Å². The van der Waals surface area contributed by atoms with Gasteiger partial charge in [0.2, 0.25) is 5.53 Å². The molecule has 0 atom stereocenters. The molecule has 1 aliphatic rings. The highest BCUT2D eigenvalue weighted by Gasteiger charge is 2.06. The number of fused-ring (bicyclic) bond motifs is 1. The maximum atomic E-state index is 10.9. The fourth-order valence-corrected chi connectivity index (χ4v) is 1.78. The Morgan fingerprint density at radius 1 is 1.27 bits per heavy atom. The van der Waals surface area contributed by atoms with E-state index in [9.17, 15) is 4.79 Å². The van der Waals surface area contributed by atoms with Gasteiger partial charge in [-0.3, -0.25) is 4.79 Å². The van der Waals surface area contributed by atoms with Crippen LogP contribution in [0.3, 0.4) is 0 Å². The second-order valence-corrected chi connectivity index (χ2v) is 3.36. The average molecular weight is 160 g/mol. The summed E-state index contributed by atoms with van der Waals surface area (Å²) < 4.78 is 0. The van der Waals surface area contributed by atoms with Crippen molar-refractivity contribution < 1.29 is 4.79 Å². The monoisotopic (exact) mass is 160 g/mol. The summed E-state index contributed by atoms with van der Waals surface area (Å²) in [5, 5.41) is 2.80. The third kappa shape index (κ3) is 1.14. The molecule has 0 fully saturated rings. The molecule has 11 heavy (non-hydrogen) atoms. The van der Waals surface area contributed by atoms with Crippen molar-refractivity contribution in [3.63, 3.8) is 0 Å². The van der Waals surface area contributed by atoms with Gasteiger partial charge in [0.1, 0.15) is 9.13 Å². The Labute approximate surface area is 66.7 Å². The number of amides is 1. The standard InChI is InChI=1S/C8H6NOSi/c10-8-9-7-4-2-1-3-6(7)5-11-8/h1-5H,(H,9,10). The van der Waals surface area contributed by atoms with Gasteiger partial charge in [0.15, 0.2) is 0 Å². The summed E-state index contributed by atoms with van der Waals surface area (Å²) in [5.74, 6) is 0. The van der Waals surface area contributed by atoms with Crippen molar-refractivity contribution in [3.8, 4) is 0 Å². The van der Waals surface area contributed by atoms with Crippen molar-refractivity contribution in [2.75, 3.05) is 5.32 Å². The summed E-state index contributed by atoms with van der Waals surface area (Å²) in [6.45, 7) is 0. The van der Waals surface area contributed by atoms with Gasteiger partial charge in [0.25, 0.3) is 0 Å². The molecule has 0 aliphatic carbocycles. The number of benzene rings is 1. The molecule has 0 spiro atoms. The van der Waals surface area contributed by atoms with Crippen molar-refractivity contribution in [1.82, 2.24) is 0 Å². The Kier molecular flexibility index (Phi) is 1.43. The first-order chi connectivity index (χ1) is 5.36. The molecule has 1 N–H and O–H groups in total. The molecule has 0 saturated carbocycles. The van der Waals surface area contributed by atoms with E-state index < -0.39 is 0 Å². The fourth-order valence-electron chi connectivity index (χ4n) is 1.04. The van der Waals surface area contributed by atoms with Crippen LogP contribution in [0, 0.1) is 0 Å². The highest BCUT2D eigenvalue weighted by Crippen LogP contribution is 2.13. The molecular weight excluding hydrogens is 154 g/mol. The number of carbonyl (C=O) groups is 1. The lowest BCUT2D eigenvalue weighted by atomic mass is 10.2. The lowest BCUT2D eigenvalue weighted by Gasteiger charge is -2.09. The molecular formula is C8H6NOSi. The zero-order valence-corrected chi connectivity index (χ0v) is 6.79. The fraction of sp³-hybridized carbons (Fsp3) is 0. The molecule has 0 saturated heterocycles. The van der Waals surface area contributed by atoms with Gasteiger partial charge < -0.3 is 5.32 Å². The maximum absolute atomic E-state index is 10.9. The molecule has 1 radical (unpaired) electrons. The maximum Gasteiger partial charge on any atom is 0.217 e. The lowest BCUT2D eigenvalue weighted by Crippen LogP contribution is -2.19. The molecule has 0 aromatic heterocycles. The largest absolute Gasteiger partial charge is 0.327 e. The van der Waals surface area contributed by atoms with Crippen molar-refractivity contribution in [2.45, 2.75) is 0 Å². The van der Waals surface area contributed by atoms with E-state index in [0.717, 1.165) is 11.3 Å². The molecule has 0 bridgehead atoms. The van der Waals surface area contributed by atoms with Crippen LogP contribution in [0.2, 0.25) is 0 Å². The summed E-state index contributed by atoms with van der Waals surface area (Å²) in [6.07, 6.45) is 0. The number of hydrogen-bond donors (Lipinski definition) is 1. The van der Waals surface area contributed by atoms with E-state index in [-0.39, 0.29) is 14.7 Å². The van der Waals surface area contributed by atoms with E-state index in [4.69, 9.17) is 0 Å². The SMILES string of the molecule is O=C1Nc2ccccc2C=[Si]1. The van der Waals surface area contributed by atoms with Crippen LogP contribution in [0.15, 0.2) is 24.3 Å². The third-order valence-corrected chi connectivity index (χ3v) is 2.41.